The van der Waals surface area contributed by atoms with E-state index in [1.54, 1.807) is 56.9 Å². The van der Waals surface area contributed by atoms with Gasteiger partial charge in [0.25, 0.3) is 5.91 Å². The minimum absolute atomic E-state index is 0.0780. The van der Waals surface area contributed by atoms with Crippen LogP contribution in [0, 0.1) is 13.8 Å². The number of sulfonamides is 1. The summed E-state index contributed by atoms with van der Waals surface area (Å²) in [7, 11) is -11.9. The number of imidazole rings is 1. The molecule has 0 spiro atoms. The van der Waals surface area contributed by atoms with Gasteiger partial charge in [0, 0.05) is 142 Å². The smallest absolute Gasteiger partial charge is 0.323 e. The second-order valence-electron chi connectivity index (χ2n) is 27.1. The van der Waals surface area contributed by atoms with Crippen molar-refractivity contribution < 1.29 is 128 Å². The van der Waals surface area contributed by atoms with E-state index in [1.807, 2.05) is 6.92 Å². The van der Waals surface area contributed by atoms with Gasteiger partial charge in [-0.15, -0.1) is 0 Å². The number of aliphatic hydroxyl groups excluding tert-OH is 2. The minimum Gasteiger partial charge on any atom is -0.494 e. The van der Waals surface area contributed by atoms with Gasteiger partial charge < -0.3 is 128 Å². The van der Waals surface area contributed by atoms with Gasteiger partial charge in [-0.2, -0.15) is 4.72 Å². The van der Waals surface area contributed by atoms with Crippen LogP contribution in [-0.2, 0) is 80.9 Å². The first-order valence-electron chi connectivity index (χ1n) is 36.9. The van der Waals surface area contributed by atoms with E-state index in [2.05, 4.69) is 51.5 Å². The number of hydrogen-bond acceptors (Lipinski definition) is 31. The molecule has 42 nitrogen and oxygen atoms in total. The maximum absolute atomic E-state index is 13.9. The van der Waals surface area contributed by atoms with Crippen LogP contribution in [0.2, 0.25) is 0 Å². The zero-order chi connectivity index (χ0) is 83.7. The summed E-state index contributed by atoms with van der Waals surface area (Å²) < 4.78 is 123. The first-order chi connectivity index (χ1) is 54.0. The first-order valence-corrected chi connectivity index (χ1v) is 41.6. The van der Waals surface area contributed by atoms with Gasteiger partial charge >= 0.3 is 17.9 Å². The predicted molar refractivity (Wildman–Crippen MR) is 415 cm³/mol. The van der Waals surface area contributed by atoms with Gasteiger partial charge in [0.05, 0.1) is 97.2 Å². The highest BCUT2D eigenvalue weighted by atomic mass is 32.3. The molecule has 4 aromatic rings. The topological polar surface area (TPSA) is 596 Å². The number of aromatic amines is 1. The molecule has 2 aliphatic heterocycles. The summed E-state index contributed by atoms with van der Waals surface area (Å²) >= 11 is 0. The molecule has 114 heavy (non-hydrogen) atoms. The number of aromatic nitrogens is 3. The Hall–Kier alpha value is -7.85. The number of likely N-dealkylation sites (N-methyl/N-ethyl adjacent to an activating group) is 1. The number of ether oxygens (including phenoxy) is 6. The molecule has 0 radical (unpaired) electrons. The van der Waals surface area contributed by atoms with Gasteiger partial charge in [-0.3, -0.25) is 57.9 Å². The number of rotatable bonds is 48. The van der Waals surface area contributed by atoms with Crippen LogP contribution < -0.4 is 46.8 Å². The molecular formula is C69H110N14O28S3. The number of aliphatic carboxylic acids is 3. The fraction of sp³-hybridized carbons (Fsp3) is 0.623. The van der Waals surface area contributed by atoms with Crippen molar-refractivity contribution in [2.45, 2.75) is 113 Å². The molecule has 642 valence electrons. The largest absolute Gasteiger partial charge is 0.494 e. The average molecular weight is 1680 g/mol. The van der Waals surface area contributed by atoms with E-state index in [-0.39, 0.29) is 151 Å². The summed E-state index contributed by atoms with van der Waals surface area (Å²) in [6.07, 6.45) is -2.59. The SMILES string of the molecule is CCN1CCN(CC(=O)O)CCN(CC(=O)N[C@H](CCC(=O)NCCOC2OC(CS(O)(O)O)C(O)C(S(O)(O)O)C2O)C(=O)NCCCOCCOCCOCCCNC(=O)CCCOc2cc(C)c(S(=O)(=O)N[C@@H](CNC(=O)c3cn(C)c4cc(CNc5ncc[nH]5)ccc4c3=O)C(=O)O)c(C)c2)CCN(CC(=O)O)CC1. The number of carboxylic acid groups (broad SMARTS) is 3. The quantitative estimate of drug-likeness (QED) is 0.0235. The molecule has 2 aliphatic rings. The second-order valence-corrected chi connectivity index (χ2v) is 32.1. The normalized spacial score (nSPS) is 18.8. The monoisotopic (exact) mass is 1680 g/mol. The number of carbonyl (C=O) groups excluding carboxylic acids is 5. The summed E-state index contributed by atoms with van der Waals surface area (Å²) in [6.45, 7) is 8.28. The van der Waals surface area contributed by atoms with E-state index < -0.39 is 140 Å². The number of hydrogen-bond donors (Lipinski definition) is 19. The van der Waals surface area contributed by atoms with Crippen molar-refractivity contribution in [3.8, 4) is 5.75 Å². The van der Waals surface area contributed by atoms with Crippen molar-refractivity contribution >= 4 is 96.1 Å². The number of carboxylic acids is 3. The van der Waals surface area contributed by atoms with E-state index in [4.69, 9.17) is 28.4 Å². The van der Waals surface area contributed by atoms with Crippen LogP contribution in [-0.4, -0.2) is 348 Å². The van der Waals surface area contributed by atoms with Gasteiger partial charge in [0.1, 0.15) is 47.0 Å². The summed E-state index contributed by atoms with van der Waals surface area (Å²) in [4.78, 5) is 130. The Kier molecular flexibility index (Phi) is 39.5. The molecule has 2 saturated heterocycles. The first kappa shape index (κ1) is 95.0. The van der Waals surface area contributed by atoms with Gasteiger partial charge in [-0.1, -0.05) is 13.0 Å². The number of fused-ring (bicyclic) bond motifs is 1. The number of carbonyl (C=O) groups is 8. The van der Waals surface area contributed by atoms with Crippen LogP contribution in [0.4, 0.5) is 5.95 Å². The Morgan fingerprint density at radius 3 is 1.80 bits per heavy atom. The van der Waals surface area contributed by atoms with Gasteiger partial charge in [0.2, 0.25) is 39.1 Å². The van der Waals surface area contributed by atoms with E-state index in [9.17, 15) is 104 Å². The fourth-order valence-corrected chi connectivity index (χ4v) is 15.8. The number of benzene rings is 2. The Morgan fingerprint density at radius 2 is 1.24 bits per heavy atom. The number of aryl methyl sites for hydroxylation is 3. The van der Waals surface area contributed by atoms with Crippen molar-refractivity contribution in [1.29, 1.82) is 0 Å². The third-order valence-electron chi connectivity index (χ3n) is 18.2. The highest BCUT2D eigenvalue weighted by Crippen LogP contribution is 2.49. The number of aliphatic hydroxyl groups is 2. The number of nitrogens with one attached hydrogen (secondary N) is 8. The highest BCUT2D eigenvalue weighted by molar-refractivity contribution is 8.20. The van der Waals surface area contributed by atoms with E-state index in [1.165, 1.54) is 32.2 Å². The minimum atomic E-state index is -4.71. The van der Waals surface area contributed by atoms with Crippen molar-refractivity contribution in [3.05, 3.63) is 81.4 Å². The Bertz CT molecular complexity index is 3900. The summed E-state index contributed by atoms with van der Waals surface area (Å²) in [6, 6.07) is 4.89. The van der Waals surface area contributed by atoms with Crippen LogP contribution in [0.1, 0.15) is 72.5 Å². The third kappa shape index (κ3) is 33.0. The molecule has 0 saturated carbocycles. The predicted octanol–water partition coefficient (Wildman–Crippen LogP) is -1.06. The number of nitrogens with zero attached hydrogens (tertiary/aromatic N) is 6. The molecule has 0 aliphatic carbocycles. The summed E-state index contributed by atoms with van der Waals surface area (Å²) in [5.41, 5.74) is 0.948. The maximum Gasteiger partial charge on any atom is 0.323 e. The van der Waals surface area contributed by atoms with Crippen molar-refractivity contribution in [3.63, 3.8) is 0 Å². The Labute approximate surface area is 662 Å². The molecule has 2 fully saturated rings. The molecule has 19 N–H and O–H groups in total. The van der Waals surface area contributed by atoms with E-state index in [0.717, 1.165) is 5.56 Å². The number of amides is 5. The van der Waals surface area contributed by atoms with Crippen molar-refractivity contribution in [1.82, 2.24) is 65.4 Å². The zero-order valence-corrected chi connectivity index (χ0v) is 66.5. The fourth-order valence-electron chi connectivity index (χ4n) is 12.4. The molecule has 4 heterocycles. The Morgan fingerprint density at radius 1 is 0.667 bits per heavy atom. The van der Waals surface area contributed by atoms with Crippen LogP contribution in [0.25, 0.3) is 10.9 Å². The van der Waals surface area contributed by atoms with Crippen LogP contribution in [0.3, 0.4) is 0 Å². The lowest BCUT2D eigenvalue weighted by Crippen LogP contribution is -2.60. The molecule has 45 heteroatoms. The molecule has 2 aromatic heterocycles. The standard InChI is InChI=1S/C69H110N14O28S3/c1-5-80-19-21-82(42-58(87)88)25-23-81(24-26-83(22-20-80)43-59(89)90)41-57(86)77-51(12-13-56(85)71-18-30-110-68-62(93)64(114(103,104)105)61(92)54(111-68)44-112(98,99)100)66(95)72-15-8-28-107-32-34-108-33-31-106-27-7-14-70-55(84)9-6-29-109-48-35-45(2)63(46(3)36-48)113(101,102)78-52(67(96)97)39-75-65(94)50-40-79(4)53-37-47(10-11-49(53)60(50)91)38-76-69-73-16-17-74-69/h10-11,16-17,35-37,40,51-52,54,61-62,64,68,78,92-93,98-100,103-105H,5-9,12-15,18-34,38-39,41-44H2,1-4H3,(H,70,84)(H,71,85)(H,72,95)(H,75,94)(H,77,86)(H,87,88)(H,89,90)(H,96,97)(H2,73,74,76)/t51-,52+,54?,61?,62?,64?,68?/m1/s1. The highest BCUT2D eigenvalue weighted by Gasteiger charge is 2.53. The summed E-state index contributed by atoms with van der Waals surface area (Å²) in [5.74, 6) is -6.95. The average Bonchev–Trinajstić information content (AvgIpc) is 0.842. The lowest BCUT2D eigenvalue weighted by atomic mass is 10.0. The van der Waals surface area contributed by atoms with Gasteiger partial charge in [0.15, 0.2) is 12.2 Å². The lowest BCUT2D eigenvalue weighted by molar-refractivity contribution is -0.258. The van der Waals surface area contributed by atoms with Crippen molar-refractivity contribution in [2.75, 3.05) is 169 Å². The second kappa shape index (κ2) is 47.4. The lowest BCUT2D eigenvalue weighted by Gasteiger charge is -2.47. The maximum atomic E-state index is 13.9. The van der Waals surface area contributed by atoms with Crippen molar-refractivity contribution in [2.24, 2.45) is 7.05 Å². The molecule has 7 atom stereocenters. The Balaban J connectivity index is 0.867. The number of H-pyrrole nitrogens is 1. The van der Waals surface area contributed by atoms with E-state index in [0.29, 0.717) is 88.9 Å². The van der Waals surface area contributed by atoms with Gasteiger partial charge in [-0.05, 0) is 87.0 Å². The van der Waals surface area contributed by atoms with Crippen LogP contribution in [0.15, 0.2) is 58.6 Å². The summed E-state index contributed by atoms with van der Waals surface area (Å²) in [5, 5.41) is 65.0. The zero-order valence-electron chi connectivity index (χ0n) is 64.1. The number of anilines is 1. The third-order valence-corrected chi connectivity index (χ3v) is 22.0. The molecule has 6 rings (SSSR count). The van der Waals surface area contributed by atoms with Crippen LogP contribution >= 0.6 is 21.7 Å². The van der Waals surface area contributed by atoms with Crippen LogP contribution in [0.5, 0.6) is 5.75 Å². The molecule has 0 bridgehead atoms. The van der Waals surface area contributed by atoms with Gasteiger partial charge in [-0.25, -0.2) is 13.4 Å². The van der Waals surface area contributed by atoms with E-state index >= 15 is 0 Å². The number of pyridine rings is 1. The molecule has 2 aromatic carbocycles. The molecule has 5 amide bonds. The molecule has 5 unspecified atom stereocenters. The molecular weight excluding hydrogens is 1570 g/mol.